The summed E-state index contributed by atoms with van der Waals surface area (Å²) >= 11 is 0. The van der Waals surface area contributed by atoms with E-state index in [1.165, 1.54) is 0 Å². The van der Waals surface area contributed by atoms with Gasteiger partial charge in [0.15, 0.2) is 0 Å². The molecule has 1 saturated heterocycles. The SMILES string of the molecule is COC1C[N]CC(OC)N1OC. The van der Waals surface area contributed by atoms with E-state index in [9.17, 15) is 0 Å². The van der Waals surface area contributed by atoms with Gasteiger partial charge in [0.1, 0.15) is 12.5 Å². The van der Waals surface area contributed by atoms with Crippen molar-refractivity contribution in [3.8, 4) is 0 Å². The first-order valence-electron chi connectivity index (χ1n) is 3.84. The van der Waals surface area contributed by atoms with Crippen molar-refractivity contribution in [2.24, 2.45) is 0 Å². The van der Waals surface area contributed by atoms with Crippen LogP contribution in [0.5, 0.6) is 0 Å². The number of methoxy groups -OCH3 is 2. The number of nitrogens with zero attached hydrogens (tertiary/aromatic N) is 2. The largest absolute Gasteiger partial charge is 0.363 e. The molecule has 2 unspecified atom stereocenters. The molecule has 0 amide bonds. The van der Waals surface area contributed by atoms with Crippen molar-refractivity contribution in [2.45, 2.75) is 12.5 Å². The van der Waals surface area contributed by atoms with Crippen molar-refractivity contribution in [2.75, 3.05) is 34.4 Å². The molecule has 0 bridgehead atoms. The second-order valence-corrected chi connectivity index (χ2v) is 2.51. The van der Waals surface area contributed by atoms with E-state index in [4.69, 9.17) is 14.3 Å². The third-order valence-electron chi connectivity index (χ3n) is 1.89. The third-order valence-corrected chi connectivity index (χ3v) is 1.89. The maximum absolute atomic E-state index is 5.15. The first kappa shape index (κ1) is 9.88. The molecule has 0 aromatic carbocycles. The number of piperazine rings is 1. The van der Waals surface area contributed by atoms with Gasteiger partial charge < -0.3 is 9.47 Å². The summed E-state index contributed by atoms with van der Waals surface area (Å²) in [6.07, 6.45) is -0.262. The van der Waals surface area contributed by atoms with Gasteiger partial charge in [0.25, 0.3) is 0 Å². The molecule has 0 aromatic heterocycles. The summed E-state index contributed by atoms with van der Waals surface area (Å²) in [5.74, 6) is 0. The molecule has 71 valence electrons. The van der Waals surface area contributed by atoms with Gasteiger partial charge >= 0.3 is 0 Å². The van der Waals surface area contributed by atoms with Gasteiger partial charge in [-0.15, -0.1) is 5.06 Å². The molecule has 1 aliphatic rings. The van der Waals surface area contributed by atoms with E-state index in [0.717, 1.165) is 0 Å². The molecule has 5 nitrogen and oxygen atoms in total. The summed E-state index contributed by atoms with van der Waals surface area (Å²) in [6, 6.07) is 0. The molecule has 1 rings (SSSR count). The monoisotopic (exact) mass is 175 g/mol. The molecule has 2 atom stereocenters. The molecule has 0 saturated carbocycles. The Hall–Kier alpha value is -0.200. The first-order valence-corrected chi connectivity index (χ1v) is 3.84. The lowest BCUT2D eigenvalue weighted by Gasteiger charge is -2.37. The van der Waals surface area contributed by atoms with Gasteiger partial charge in [-0.1, -0.05) is 0 Å². The van der Waals surface area contributed by atoms with Crippen molar-refractivity contribution in [1.82, 2.24) is 10.4 Å². The molecule has 1 aliphatic heterocycles. The highest BCUT2D eigenvalue weighted by atomic mass is 16.7. The Bertz CT molecular complexity index is 122. The lowest BCUT2D eigenvalue weighted by atomic mass is 10.3. The molecule has 1 radical (unpaired) electrons. The van der Waals surface area contributed by atoms with Gasteiger partial charge in [-0.2, -0.15) is 0 Å². The standard InChI is InChI=1S/C7H15N2O3/c1-10-6-4-8-5-7(11-2)9(6)12-3/h6-7H,4-5H2,1-3H3. The maximum Gasteiger partial charge on any atom is 0.149 e. The van der Waals surface area contributed by atoms with E-state index in [1.54, 1.807) is 26.4 Å². The number of hydroxylamine groups is 2. The minimum Gasteiger partial charge on any atom is -0.363 e. The molecule has 0 spiro atoms. The van der Waals surface area contributed by atoms with Crippen LogP contribution >= 0.6 is 0 Å². The summed E-state index contributed by atoms with van der Waals surface area (Å²) in [7, 11) is 4.86. The van der Waals surface area contributed by atoms with E-state index in [2.05, 4.69) is 5.32 Å². The predicted octanol–water partition coefficient (Wildman–Crippen LogP) is -0.587. The quantitative estimate of drug-likeness (QED) is 0.575. The Labute approximate surface area is 72.5 Å². The number of rotatable bonds is 3. The summed E-state index contributed by atoms with van der Waals surface area (Å²) in [5, 5.41) is 5.88. The molecule has 0 N–H and O–H groups in total. The van der Waals surface area contributed by atoms with Gasteiger partial charge in [-0.3, -0.25) is 4.84 Å². The average molecular weight is 175 g/mol. The van der Waals surface area contributed by atoms with Crippen LogP contribution < -0.4 is 5.32 Å². The second kappa shape index (κ2) is 4.74. The zero-order valence-corrected chi connectivity index (χ0v) is 7.69. The van der Waals surface area contributed by atoms with E-state index in [-0.39, 0.29) is 12.5 Å². The van der Waals surface area contributed by atoms with Crippen molar-refractivity contribution in [1.29, 1.82) is 0 Å². The van der Waals surface area contributed by atoms with E-state index in [1.807, 2.05) is 0 Å². The van der Waals surface area contributed by atoms with Crippen LogP contribution in [0.25, 0.3) is 0 Å². The second-order valence-electron chi connectivity index (χ2n) is 2.51. The smallest absolute Gasteiger partial charge is 0.149 e. The average Bonchev–Trinajstić information content (AvgIpc) is 2.16. The van der Waals surface area contributed by atoms with Crippen molar-refractivity contribution >= 4 is 0 Å². The highest BCUT2D eigenvalue weighted by Crippen LogP contribution is 2.11. The zero-order chi connectivity index (χ0) is 8.97. The molecule has 12 heavy (non-hydrogen) atoms. The van der Waals surface area contributed by atoms with Gasteiger partial charge in [0, 0.05) is 14.2 Å². The molecule has 0 aliphatic carbocycles. The number of hydrogen-bond donors (Lipinski definition) is 0. The predicted molar refractivity (Wildman–Crippen MR) is 42.3 cm³/mol. The van der Waals surface area contributed by atoms with Crippen LogP contribution in [-0.4, -0.2) is 51.9 Å². The highest BCUT2D eigenvalue weighted by molar-refractivity contribution is 4.70. The van der Waals surface area contributed by atoms with E-state index >= 15 is 0 Å². The normalized spacial score (nSPS) is 32.2. The van der Waals surface area contributed by atoms with Crippen LogP contribution in [0.4, 0.5) is 0 Å². The topological polar surface area (TPSA) is 45.0 Å². The maximum atomic E-state index is 5.15. The van der Waals surface area contributed by atoms with Gasteiger partial charge in [0.05, 0.1) is 20.2 Å². The minimum absolute atomic E-state index is 0.131. The minimum atomic E-state index is -0.131. The van der Waals surface area contributed by atoms with Crippen LogP contribution in [0.15, 0.2) is 0 Å². The molecule has 0 aromatic rings. The zero-order valence-electron chi connectivity index (χ0n) is 7.69. The Balaban J connectivity index is 2.52. The van der Waals surface area contributed by atoms with E-state index in [0.29, 0.717) is 13.1 Å². The summed E-state index contributed by atoms with van der Waals surface area (Å²) < 4.78 is 10.3. The van der Waals surface area contributed by atoms with Crippen LogP contribution in [0.3, 0.4) is 0 Å². The first-order chi connectivity index (χ1) is 5.83. The molecule has 1 heterocycles. The molecule has 1 fully saturated rings. The van der Waals surface area contributed by atoms with Crippen molar-refractivity contribution < 1.29 is 14.3 Å². The number of ether oxygens (including phenoxy) is 2. The third kappa shape index (κ3) is 1.94. The summed E-state index contributed by atoms with van der Waals surface area (Å²) in [4.78, 5) is 5.12. The van der Waals surface area contributed by atoms with Crippen LogP contribution in [0.2, 0.25) is 0 Å². The highest BCUT2D eigenvalue weighted by Gasteiger charge is 2.31. The van der Waals surface area contributed by atoms with Crippen molar-refractivity contribution in [3.05, 3.63) is 0 Å². The van der Waals surface area contributed by atoms with Crippen LogP contribution in [-0.2, 0) is 14.3 Å². The lowest BCUT2D eigenvalue weighted by molar-refractivity contribution is -0.307. The van der Waals surface area contributed by atoms with Gasteiger partial charge in [-0.05, 0) is 0 Å². The van der Waals surface area contributed by atoms with Crippen molar-refractivity contribution in [3.63, 3.8) is 0 Å². The Morgan fingerprint density at radius 3 is 1.92 bits per heavy atom. The summed E-state index contributed by atoms with van der Waals surface area (Å²) in [5.41, 5.74) is 0. The van der Waals surface area contributed by atoms with Gasteiger partial charge in [-0.25, -0.2) is 5.32 Å². The fourth-order valence-corrected chi connectivity index (χ4v) is 1.23. The Kier molecular flexibility index (Phi) is 3.90. The molecule has 5 heteroatoms. The fourth-order valence-electron chi connectivity index (χ4n) is 1.23. The lowest BCUT2D eigenvalue weighted by Crippen LogP contribution is -2.55. The summed E-state index contributed by atoms with van der Waals surface area (Å²) in [6.45, 7) is 1.26. The molecular formula is C7H15N2O3. The van der Waals surface area contributed by atoms with E-state index < -0.39 is 0 Å². The fraction of sp³-hybridized carbons (Fsp3) is 1.00. The number of hydrogen-bond acceptors (Lipinski definition) is 4. The Morgan fingerprint density at radius 2 is 1.58 bits per heavy atom. The van der Waals surface area contributed by atoms with Crippen LogP contribution in [0, 0.1) is 0 Å². The Morgan fingerprint density at radius 1 is 1.08 bits per heavy atom. The van der Waals surface area contributed by atoms with Crippen LogP contribution in [0.1, 0.15) is 0 Å². The molecular weight excluding hydrogens is 160 g/mol. The van der Waals surface area contributed by atoms with Gasteiger partial charge in [0.2, 0.25) is 0 Å².